The molecule has 0 aromatic carbocycles. The standard InChI is InChI=1S/C11H24N2/c1-10(2,3)7-13-9-11(5-6-11)8-12-4/h12-13H,5-9H2,1-4H3. The SMILES string of the molecule is CNCC1(CNCC(C)(C)C)CC1. The van der Waals surface area contributed by atoms with Crippen molar-refractivity contribution < 1.29 is 0 Å². The van der Waals surface area contributed by atoms with Gasteiger partial charge in [0.15, 0.2) is 0 Å². The Labute approximate surface area is 82.5 Å². The van der Waals surface area contributed by atoms with E-state index in [-0.39, 0.29) is 0 Å². The summed E-state index contributed by atoms with van der Waals surface area (Å²) in [4.78, 5) is 0. The first-order valence-corrected chi connectivity index (χ1v) is 5.33. The van der Waals surface area contributed by atoms with Gasteiger partial charge in [0.05, 0.1) is 0 Å². The molecule has 1 fully saturated rings. The van der Waals surface area contributed by atoms with Gasteiger partial charge in [0.25, 0.3) is 0 Å². The van der Waals surface area contributed by atoms with Crippen LogP contribution in [0.3, 0.4) is 0 Å². The van der Waals surface area contributed by atoms with E-state index < -0.39 is 0 Å². The average molecular weight is 184 g/mol. The van der Waals surface area contributed by atoms with E-state index in [1.807, 2.05) is 7.05 Å². The van der Waals surface area contributed by atoms with Crippen molar-refractivity contribution >= 4 is 0 Å². The maximum Gasteiger partial charge on any atom is 0.00202 e. The van der Waals surface area contributed by atoms with Crippen molar-refractivity contribution in [3.63, 3.8) is 0 Å². The smallest absolute Gasteiger partial charge is 0.00202 e. The van der Waals surface area contributed by atoms with E-state index in [0.29, 0.717) is 10.8 Å². The van der Waals surface area contributed by atoms with Gasteiger partial charge in [-0.15, -0.1) is 0 Å². The summed E-state index contributed by atoms with van der Waals surface area (Å²) in [6.07, 6.45) is 2.79. The van der Waals surface area contributed by atoms with Gasteiger partial charge in [0, 0.05) is 19.6 Å². The summed E-state index contributed by atoms with van der Waals surface area (Å²) >= 11 is 0. The summed E-state index contributed by atoms with van der Waals surface area (Å²) in [5, 5.41) is 6.85. The molecule has 1 saturated carbocycles. The van der Waals surface area contributed by atoms with E-state index in [4.69, 9.17) is 0 Å². The van der Waals surface area contributed by atoms with Crippen molar-refractivity contribution in [2.24, 2.45) is 10.8 Å². The Bertz CT molecular complexity index is 154. The molecule has 0 spiro atoms. The van der Waals surface area contributed by atoms with E-state index in [0.717, 1.165) is 6.54 Å². The summed E-state index contributed by atoms with van der Waals surface area (Å²) < 4.78 is 0. The van der Waals surface area contributed by atoms with Crippen molar-refractivity contribution in [2.45, 2.75) is 33.6 Å². The molecule has 1 aliphatic rings. The molecule has 0 aromatic heterocycles. The van der Waals surface area contributed by atoms with Gasteiger partial charge in [0.2, 0.25) is 0 Å². The van der Waals surface area contributed by atoms with Crippen LogP contribution in [0.5, 0.6) is 0 Å². The predicted molar refractivity (Wildman–Crippen MR) is 57.9 cm³/mol. The molecule has 2 nitrogen and oxygen atoms in total. The molecule has 0 amide bonds. The number of hydrogen-bond donors (Lipinski definition) is 2. The molecule has 1 rings (SSSR count). The Kier molecular flexibility index (Phi) is 3.36. The number of rotatable bonds is 5. The second-order valence-electron chi connectivity index (χ2n) is 5.69. The molecule has 0 aliphatic heterocycles. The molecule has 0 aromatic rings. The molecule has 13 heavy (non-hydrogen) atoms. The fourth-order valence-corrected chi connectivity index (χ4v) is 1.67. The molecule has 0 heterocycles. The van der Waals surface area contributed by atoms with E-state index in [9.17, 15) is 0 Å². The zero-order valence-electron chi connectivity index (χ0n) is 9.54. The Hall–Kier alpha value is -0.0800. The van der Waals surface area contributed by atoms with Gasteiger partial charge in [-0.3, -0.25) is 0 Å². The van der Waals surface area contributed by atoms with Crippen LogP contribution in [0.2, 0.25) is 0 Å². The Morgan fingerprint density at radius 3 is 2.15 bits per heavy atom. The topological polar surface area (TPSA) is 24.1 Å². The van der Waals surface area contributed by atoms with Crippen LogP contribution in [0.4, 0.5) is 0 Å². The predicted octanol–water partition coefficient (Wildman–Crippen LogP) is 1.62. The number of nitrogens with one attached hydrogen (secondary N) is 2. The van der Waals surface area contributed by atoms with E-state index in [2.05, 4.69) is 31.4 Å². The molecule has 2 heteroatoms. The van der Waals surface area contributed by atoms with Gasteiger partial charge >= 0.3 is 0 Å². The minimum atomic E-state index is 0.412. The first-order valence-electron chi connectivity index (χ1n) is 5.33. The maximum absolute atomic E-state index is 3.57. The van der Waals surface area contributed by atoms with E-state index >= 15 is 0 Å². The lowest BCUT2D eigenvalue weighted by Gasteiger charge is -2.22. The normalized spacial score (nSPS) is 20.3. The fraction of sp³-hybridized carbons (Fsp3) is 1.00. The largest absolute Gasteiger partial charge is 0.319 e. The molecule has 78 valence electrons. The van der Waals surface area contributed by atoms with Gasteiger partial charge in [-0.05, 0) is 30.7 Å². The molecular formula is C11H24N2. The Balaban J connectivity index is 2.12. The zero-order chi connectivity index (χ0) is 9.95. The van der Waals surface area contributed by atoms with Crippen LogP contribution in [0.1, 0.15) is 33.6 Å². The van der Waals surface area contributed by atoms with Crippen LogP contribution in [0.25, 0.3) is 0 Å². The summed E-state index contributed by atoms with van der Waals surface area (Å²) in [5.41, 5.74) is 1.01. The van der Waals surface area contributed by atoms with Gasteiger partial charge in [-0.25, -0.2) is 0 Å². The first-order chi connectivity index (χ1) is 5.97. The quantitative estimate of drug-likeness (QED) is 0.678. The van der Waals surface area contributed by atoms with Gasteiger partial charge in [0.1, 0.15) is 0 Å². The lowest BCUT2D eigenvalue weighted by molar-refractivity contribution is 0.347. The third-order valence-electron chi connectivity index (χ3n) is 2.66. The lowest BCUT2D eigenvalue weighted by atomic mass is 9.96. The molecule has 2 N–H and O–H groups in total. The summed E-state index contributed by atoms with van der Waals surface area (Å²) in [6, 6.07) is 0. The van der Waals surface area contributed by atoms with E-state index in [1.54, 1.807) is 0 Å². The summed E-state index contributed by atoms with van der Waals surface area (Å²) in [7, 11) is 2.05. The molecule has 0 unspecified atom stereocenters. The minimum absolute atomic E-state index is 0.412. The van der Waals surface area contributed by atoms with Gasteiger partial charge < -0.3 is 10.6 Å². The second-order valence-corrected chi connectivity index (χ2v) is 5.69. The molecule has 0 bridgehead atoms. The van der Waals surface area contributed by atoms with Crippen molar-refractivity contribution in [3.05, 3.63) is 0 Å². The van der Waals surface area contributed by atoms with Crippen LogP contribution in [0.15, 0.2) is 0 Å². The third-order valence-corrected chi connectivity index (χ3v) is 2.66. The van der Waals surface area contributed by atoms with Crippen molar-refractivity contribution in [1.82, 2.24) is 10.6 Å². The zero-order valence-corrected chi connectivity index (χ0v) is 9.54. The summed E-state index contributed by atoms with van der Waals surface area (Å²) in [6.45, 7) is 10.3. The Morgan fingerprint density at radius 2 is 1.77 bits per heavy atom. The highest BCUT2D eigenvalue weighted by Gasteiger charge is 2.41. The van der Waals surface area contributed by atoms with Crippen LogP contribution in [-0.2, 0) is 0 Å². The number of hydrogen-bond acceptors (Lipinski definition) is 2. The van der Waals surface area contributed by atoms with Crippen molar-refractivity contribution in [3.8, 4) is 0 Å². The second kappa shape index (κ2) is 3.97. The van der Waals surface area contributed by atoms with Gasteiger partial charge in [-0.2, -0.15) is 0 Å². The first kappa shape index (κ1) is 11.0. The van der Waals surface area contributed by atoms with Crippen molar-refractivity contribution in [1.29, 1.82) is 0 Å². The van der Waals surface area contributed by atoms with Gasteiger partial charge in [-0.1, -0.05) is 20.8 Å². The maximum atomic E-state index is 3.57. The fourth-order valence-electron chi connectivity index (χ4n) is 1.67. The monoisotopic (exact) mass is 184 g/mol. The Morgan fingerprint density at radius 1 is 1.15 bits per heavy atom. The highest BCUT2D eigenvalue weighted by molar-refractivity contribution is 4.96. The van der Waals surface area contributed by atoms with Crippen molar-refractivity contribution in [2.75, 3.05) is 26.7 Å². The molecule has 1 aliphatic carbocycles. The molecule has 0 radical (unpaired) electrons. The highest BCUT2D eigenvalue weighted by Crippen LogP contribution is 2.44. The van der Waals surface area contributed by atoms with Crippen LogP contribution in [-0.4, -0.2) is 26.7 Å². The third kappa shape index (κ3) is 4.10. The average Bonchev–Trinajstić information content (AvgIpc) is 2.67. The van der Waals surface area contributed by atoms with E-state index in [1.165, 1.54) is 25.9 Å². The lowest BCUT2D eigenvalue weighted by Crippen LogP contribution is -2.35. The summed E-state index contributed by atoms with van der Waals surface area (Å²) in [5.74, 6) is 0. The molecule has 0 atom stereocenters. The highest BCUT2D eigenvalue weighted by atomic mass is 14.9. The molecule has 0 saturated heterocycles. The minimum Gasteiger partial charge on any atom is -0.319 e. The van der Waals surface area contributed by atoms with Crippen LogP contribution >= 0.6 is 0 Å². The van der Waals surface area contributed by atoms with Crippen LogP contribution in [0, 0.1) is 10.8 Å². The van der Waals surface area contributed by atoms with Crippen LogP contribution < -0.4 is 10.6 Å². The molecular weight excluding hydrogens is 160 g/mol.